The number of nitrogens with zero attached hydrogens (tertiary/aromatic N) is 1. The highest BCUT2D eigenvalue weighted by molar-refractivity contribution is 5.37. The fraction of sp³-hybridized carbons (Fsp3) is 0.368. The predicted octanol–water partition coefficient (Wildman–Crippen LogP) is 2.56. The molecule has 2 aromatic carbocycles. The molecule has 1 N–H and O–H groups in total. The molecule has 1 aliphatic heterocycles. The maximum absolute atomic E-state index is 6.05. The van der Waals surface area contributed by atoms with Crippen LogP contribution in [0.1, 0.15) is 11.1 Å². The second kappa shape index (κ2) is 7.97. The van der Waals surface area contributed by atoms with Gasteiger partial charge in [0.25, 0.3) is 0 Å². The minimum atomic E-state index is 0.756. The first kappa shape index (κ1) is 15.1. The molecule has 2 aromatic rings. The number of ether oxygens (including phenoxy) is 1. The van der Waals surface area contributed by atoms with E-state index in [1.165, 1.54) is 11.1 Å². The third-order valence-corrected chi connectivity index (χ3v) is 4.08. The summed E-state index contributed by atoms with van der Waals surface area (Å²) in [5, 5.41) is 3.38. The van der Waals surface area contributed by atoms with Crippen LogP contribution in [0.25, 0.3) is 0 Å². The highest BCUT2D eigenvalue weighted by Gasteiger charge is 2.10. The van der Waals surface area contributed by atoms with Gasteiger partial charge in [-0.1, -0.05) is 48.5 Å². The van der Waals surface area contributed by atoms with E-state index in [-0.39, 0.29) is 0 Å². The number of benzene rings is 2. The van der Waals surface area contributed by atoms with Gasteiger partial charge in [-0.25, -0.2) is 0 Å². The minimum absolute atomic E-state index is 0.756. The van der Waals surface area contributed by atoms with Gasteiger partial charge in [0.1, 0.15) is 12.4 Å². The van der Waals surface area contributed by atoms with Crippen molar-refractivity contribution in [2.45, 2.75) is 6.42 Å². The average molecular weight is 296 g/mol. The van der Waals surface area contributed by atoms with Gasteiger partial charge in [0.05, 0.1) is 0 Å². The molecule has 22 heavy (non-hydrogen) atoms. The first-order valence-electron chi connectivity index (χ1n) is 8.09. The number of piperazine rings is 1. The van der Waals surface area contributed by atoms with Crippen LogP contribution in [0.4, 0.5) is 0 Å². The van der Waals surface area contributed by atoms with E-state index in [9.17, 15) is 0 Å². The van der Waals surface area contributed by atoms with E-state index >= 15 is 0 Å². The van der Waals surface area contributed by atoms with Crippen LogP contribution in [-0.4, -0.2) is 44.2 Å². The van der Waals surface area contributed by atoms with Crippen molar-refractivity contribution in [2.24, 2.45) is 0 Å². The second-order valence-electron chi connectivity index (χ2n) is 5.71. The molecular weight excluding hydrogens is 272 g/mol. The smallest absolute Gasteiger partial charge is 0.122 e. The molecule has 0 bridgehead atoms. The van der Waals surface area contributed by atoms with Crippen LogP contribution < -0.4 is 10.1 Å². The minimum Gasteiger partial charge on any atom is -0.492 e. The van der Waals surface area contributed by atoms with Crippen LogP contribution in [0.3, 0.4) is 0 Å². The van der Waals surface area contributed by atoms with Crippen LogP contribution in [0, 0.1) is 0 Å². The van der Waals surface area contributed by atoms with Crippen LogP contribution in [0.2, 0.25) is 0 Å². The molecule has 0 spiro atoms. The number of para-hydroxylation sites is 1. The first-order chi connectivity index (χ1) is 10.9. The Balaban J connectivity index is 1.56. The third kappa shape index (κ3) is 4.33. The molecule has 1 saturated heterocycles. The van der Waals surface area contributed by atoms with E-state index in [0.29, 0.717) is 0 Å². The summed E-state index contributed by atoms with van der Waals surface area (Å²) >= 11 is 0. The van der Waals surface area contributed by atoms with E-state index in [0.717, 1.165) is 51.5 Å². The molecule has 0 aromatic heterocycles. The monoisotopic (exact) mass is 296 g/mol. The van der Waals surface area contributed by atoms with Crippen LogP contribution >= 0.6 is 0 Å². The Bertz CT molecular complexity index is 565. The Morgan fingerprint density at radius 2 is 1.64 bits per heavy atom. The molecule has 116 valence electrons. The molecule has 0 unspecified atom stereocenters. The Morgan fingerprint density at radius 3 is 2.45 bits per heavy atom. The summed E-state index contributed by atoms with van der Waals surface area (Å²) < 4.78 is 6.05. The Labute approximate surface area is 132 Å². The van der Waals surface area contributed by atoms with Gasteiger partial charge in [-0.05, 0) is 17.2 Å². The van der Waals surface area contributed by atoms with Crippen LogP contribution in [0.5, 0.6) is 5.75 Å². The van der Waals surface area contributed by atoms with Crippen molar-refractivity contribution in [3.05, 3.63) is 65.7 Å². The predicted molar refractivity (Wildman–Crippen MR) is 90.5 cm³/mol. The van der Waals surface area contributed by atoms with Gasteiger partial charge in [0.15, 0.2) is 0 Å². The van der Waals surface area contributed by atoms with Crippen molar-refractivity contribution >= 4 is 0 Å². The zero-order chi connectivity index (χ0) is 15.0. The van der Waals surface area contributed by atoms with Gasteiger partial charge >= 0.3 is 0 Å². The summed E-state index contributed by atoms with van der Waals surface area (Å²) in [4.78, 5) is 2.45. The maximum Gasteiger partial charge on any atom is 0.122 e. The van der Waals surface area contributed by atoms with Crippen LogP contribution in [0.15, 0.2) is 54.6 Å². The molecule has 3 nitrogen and oxygen atoms in total. The Hall–Kier alpha value is -1.84. The zero-order valence-corrected chi connectivity index (χ0v) is 13.0. The van der Waals surface area contributed by atoms with Gasteiger partial charge in [0.2, 0.25) is 0 Å². The van der Waals surface area contributed by atoms with E-state index in [4.69, 9.17) is 4.74 Å². The van der Waals surface area contributed by atoms with E-state index in [1.807, 2.05) is 0 Å². The first-order valence-corrected chi connectivity index (χ1v) is 8.09. The summed E-state index contributed by atoms with van der Waals surface area (Å²) in [5.41, 5.74) is 2.58. The largest absolute Gasteiger partial charge is 0.492 e. The van der Waals surface area contributed by atoms with Gasteiger partial charge < -0.3 is 10.1 Å². The maximum atomic E-state index is 6.05. The second-order valence-corrected chi connectivity index (χ2v) is 5.71. The molecule has 1 fully saturated rings. The highest BCUT2D eigenvalue weighted by atomic mass is 16.5. The summed E-state index contributed by atoms with van der Waals surface area (Å²) in [6.07, 6.45) is 0.921. The van der Waals surface area contributed by atoms with Crippen molar-refractivity contribution in [3.63, 3.8) is 0 Å². The zero-order valence-electron chi connectivity index (χ0n) is 13.0. The molecule has 1 aliphatic rings. The lowest BCUT2D eigenvalue weighted by molar-refractivity contribution is 0.190. The molecule has 3 rings (SSSR count). The fourth-order valence-corrected chi connectivity index (χ4v) is 2.83. The molecule has 0 saturated carbocycles. The number of nitrogens with one attached hydrogen (secondary N) is 1. The SMILES string of the molecule is c1ccc(Cc2ccccc2OCCN2CCNCC2)cc1. The van der Waals surface area contributed by atoms with Crippen molar-refractivity contribution in [3.8, 4) is 5.75 Å². The number of hydrogen-bond donors (Lipinski definition) is 1. The molecule has 0 radical (unpaired) electrons. The summed E-state index contributed by atoms with van der Waals surface area (Å²) in [6.45, 7) is 6.17. The lowest BCUT2D eigenvalue weighted by Crippen LogP contribution is -2.44. The third-order valence-electron chi connectivity index (χ3n) is 4.08. The summed E-state index contributed by atoms with van der Waals surface area (Å²) in [7, 11) is 0. The standard InChI is InChI=1S/C19H24N2O/c1-2-6-17(7-3-1)16-18-8-4-5-9-19(18)22-15-14-21-12-10-20-11-13-21/h1-9,20H,10-16H2. The molecule has 0 aliphatic carbocycles. The summed E-state index contributed by atoms with van der Waals surface area (Å²) in [6, 6.07) is 18.9. The van der Waals surface area contributed by atoms with Crippen molar-refractivity contribution in [2.75, 3.05) is 39.3 Å². The van der Waals surface area contributed by atoms with Crippen molar-refractivity contribution in [1.82, 2.24) is 10.2 Å². The van der Waals surface area contributed by atoms with Gasteiger partial charge in [-0.15, -0.1) is 0 Å². The number of hydrogen-bond acceptors (Lipinski definition) is 3. The van der Waals surface area contributed by atoms with Gasteiger partial charge in [0, 0.05) is 39.1 Å². The average Bonchev–Trinajstić information content (AvgIpc) is 2.58. The fourth-order valence-electron chi connectivity index (χ4n) is 2.83. The van der Waals surface area contributed by atoms with Gasteiger partial charge in [-0.2, -0.15) is 0 Å². The van der Waals surface area contributed by atoms with E-state index in [2.05, 4.69) is 64.8 Å². The topological polar surface area (TPSA) is 24.5 Å². The molecule has 1 heterocycles. The van der Waals surface area contributed by atoms with E-state index in [1.54, 1.807) is 0 Å². The highest BCUT2D eigenvalue weighted by Crippen LogP contribution is 2.21. The molecule has 3 heteroatoms. The molecule has 0 atom stereocenters. The normalized spacial score (nSPS) is 15.6. The molecular formula is C19H24N2O. The van der Waals surface area contributed by atoms with Gasteiger partial charge in [-0.3, -0.25) is 4.90 Å². The Kier molecular flexibility index (Phi) is 5.46. The number of rotatable bonds is 6. The van der Waals surface area contributed by atoms with Crippen molar-refractivity contribution < 1.29 is 4.74 Å². The summed E-state index contributed by atoms with van der Waals surface area (Å²) in [5.74, 6) is 1.02. The quantitative estimate of drug-likeness (QED) is 0.886. The van der Waals surface area contributed by atoms with Crippen LogP contribution in [-0.2, 0) is 6.42 Å². The Morgan fingerprint density at radius 1 is 0.909 bits per heavy atom. The lowest BCUT2D eigenvalue weighted by Gasteiger charge is -2.27. The lowest BCUT2D eigenvalue weighted by atomic mass is 10.0. The van der Waals surface area contributed by atoms with Crippen molar-refractivity contribution in [1.29, 1.82) is 0 Å². The molecule has 0 amide bonds. The van der Waals surface area contributed by atoms with E-state index < -0.39 is 0 Å².